The lowest BCUT2D eigenvalue weighted by Gasteiger charge is -2.32. The molecule has 0 aromatic heterocycles. The average Bonchev–Trinajstić information content (AvgIpc) is 2.99. The molecule has 204 valence electrons. The maximum atomic E-state index is 11.6. The lowest BCUT2D eigenvalue weighted by molar-refractivity contribution is -0.122. The Morgan fingerprint density at radius 3 is 1.76 bits per heavy atom. The van der Waals surface area contributed by atoms with Gasteiger partial charge in [-0.25, -0.2) is 0 Å². The Bertz CT molecular complexity index is 1160. The van der Waals surface area contributed by atoms with Gasteiger partial charge in [-0.05, 0) is 30.4 Å². The van der Waals surface area contributed by atoms with Crippen molar-refractivity contribution in [2.45, 2.75) is 64.4 Å². The summed E-state index contributed by atoms with van der Waals surface area (Å²) in [6.45, 7) is 6.77. The number of nitrogens with zero attached hydrogens (tertiary/aromatic N) is 4. The van der Waals surface area contributed by atoms with Crippen LogP contribution in [0.1, 0.15) is 67.9 Å². The second kappa shape index (κ2) is 15.6. The van der Waals surface area contributed by atoms with Crippen LogP contribution in [-0.2, 0) is 22.7 Å². The molecule has 0 spiro atoms. The molecule has 0 unspecified atom stereocenters. The van der Waals surface area contributed by atoms with Crippen LogP contribution in [0.4, 0.5) is 0 Å². The van der Waals surface area contributed by atoms with E-state index < -0.39 is 18.5 Å². The lowest BCUT2D eigenvalue weighted by atomic mass is 10.1. The molecule has 0 aliphatic carbocycles. The zero-order valence-electron chi connectivity index (χ0n) is 26.5. The van der Waals surface area contributed by atoms with Crippen molar-refractivity contribution in [3.05, 3.63) is 71.8 Å². The molecule has 3 saturated heterocycles. The van der Waals surface area contributed by atoms with Crippen molar-refractivity contribution in [1.82, 2.24) is 14.7 Å². The molecule has 4 aliphatic rings. The summed E-state index contributed by atoms with van der Waals surface area (Å²) in [5, 5.41) is 0. The van der Waals surface area contributed by atoms with Gasteiger partial charge in [-0.3, -0.25) is 24.4 Å². The first-order chi connectivity index (χ1) is 20.1. The number of carbonyl (C=O) groups excluding carboxylic acids is 2. The third kappa shape index (κ3) is 9.80. The molecule has 0 saturated carbocycles. The van der Waals surface area contributed by atoms with Gasteiger partial charge in [0.1, 0.15) is 11.6 Å². The molecule has 0 radical (unpaired) electrons. The number of fused-ring (bicyclic) bond motifs is 1. The van der Waals surface area contributed by atoms with Gasteiger partial charge >= 0.3 is 0 Å². The van der Waals surface area contributed by atoms with Crippen molar-refractivity contribution in [1.29, 1.82) is 0 Å². The molecular formula is C32H44N4O2. The van der Waals surface area contributed by atoms with Crippen LogP contribution in [0.2, 0.25) is 0 Å². The number of aliphatic imine (C=N–C) groups is 1. The normalized spacial score (nSPS) is 24.5. The van der Waals surface area contributed by atoms with Gasteiger partial charge in [-0.2, -0.15) is 0 Å². The Kier molecular flexibility index (Phi) is 9.45. The molecule has 0 atom stereocenters. The summed E-state index contributed by atoms with van der Waals surface area (Å²) in [7, 11) is 0. The molecule has 38 heavy (non-hydrogen) atoms. The number of benzene rings is 2. The summed E-state index contributed by atoms with van der Waals surface area (Å²) >= 11 is 0. The van der Waals surface area contributed by atoms with E-state index in [0.717, 1.165) is 44.6 Å². The highest BCUT2D eigenvalue weighted by atomic mass is 16.1. The van der Waals surface area contributed by atoms with Gasteiger partial charge in [0.2, 0.25) is 0 Å². The molecule has 6 nitrogen and oxygen atoms in total. The van der Waals surface area contributed by atoms with E-state index in [9.17, 15) is 9.59 Å². The summed E-state index contributed by atoms with van der Waals surface area (Å²) in [6.07, 6.45) is 2.46. The Hall–Kier alpha value is -2.83. The van der Waals surface area contributed by atoms with Gasteiger partial charge in [-0.15, -0.1) is 0 Å². The van der Waals surface area contributed by atoms with Gasteiger partial charge in [-0.1, -0.05) is 60.7 Å². The maximum Gasteiger partial charge on any atom is 0.135 e. The minimum absolute atomic E-state index is 0.0553. The predicted molar refractivity (Wildman–Crippen MR) is 154 cm³/mol. The number of hydrogen-bond donors (Lipinski definition) is 0. The second-order valence-electron chi connectivity index (χ2n) is 10.2. The topological polar surface area (TPSA) is 56.2 Å². The third-order valence-corrected chi connectivity index (χ3v) is 7.16. The molecule has 6 rings (SSSR count). The Balaban J connectivity index is 0.000000150. The molecule has 2 aromatic rings. The highest BCUT2D eigenvalue weighted by molar-refractivity contribution is 5.83. The van der Waals surface area contributed by atoms with E-state index in [1.807, 2.05) is 36.4 Å². The number of piperidine rings is 3. The number of ketones is 2. The monoisotopic (exact) mass is 520 g/mol. The molecule has 4 heterocycles. The van der Waals surface area contributed by atoms with Gasteiger partial charge < -0.3 is 4.90 Å². The zero-order chi connectivity index (χ0) is 30.0. The van der Waals surface area contributed by atoms with Crippen molar-refractivity contribution >= 4 is 17.4 Å². The van der Waals surface area contributed by atoms with Crippen LogP contribution < -0.4 is 0 Å². The first-order valence-corrected chi connectivity index (χ1v) is 14.0. The number of carbonyl (C=O) groups is 2. The van der Waals surface area contributed by atoms with E-state index in [0.29, 0.717) is 12.3 Å². The van der Waals surface area contributed by atoms with Gasteiger partial charge in [0, 0.05) is 96.4 Å². The fraction of sp³-hybridized carbons (Fsp3) is 0.531. The van der Waals surface area contributed by atoms with E-state index in [1.54, 1.807) is 4.90 Å². The second-order valence-corrected chi connectivity index (χ2v) is 10.2. The van der Waals surface area contributed by atoms with Crippen molar-refractivity contribution < 1.29 is 15.1 Å². The quantitative estimate of drug-likeness (QED) is 0.569. The van der Waals surface area contributed by atoms with Crippen molar-refractivity contribution in [2.75, 3.05) is 45.8 Å². The van der Waals surface area contributed by atoms with Crippen LogP contribution in [0, 0.1) is 0 Å². The Morgan fingerprint density at radius 1 is 0.632 bits per heavy atom. The number of Topliss-reactive ketones (excluding diaryl/α,β-unsaturated/α-hetero) is 2. The van der Waals surface area contributed by atoms with E-state index in [2.05, 4.69) is 39.1 Å². The molecule has 0 N–H and O–H groups in total. The first kappa shape index (κ1) is 23.1. The largest absolute Gasteiger partial charge is 0.360 e. The SMILES string of the molecule is C1CCN2CCCN=C2C1.O=C1CCN(Cc2ccccc2)CC1.[2H]C1([2H])CN(Cc2ccccc2)CC([2H])([2H])C1=O. The summed E-state index contributed by atoms with van der Waals surface area (Å²) in [5.74, 6) is 0.853. The minimum Gasteiger partial charge on any atom is -0.360 e. The van der Waals surface area contributed by atoms with Crippen molar-refractivity contribution in [3.8, 4) is 0 Å². The predicted octanol–water partition coefficient (Wildman–Crippen LogP) is 4.98. The fourth-order valence-corrected chi connectivity index (χ4v) is 5.00. The minimum atomic E-state index is -2.11. The van der Waals surface area contributed by atoms with Gasteiger partial charge in [0.15, 0.2) is 0 Å². The van der Waals surface area contributed by atoms with Crippen LogP contribution in [0.15, 0.2) is 65.7 Å². The smallest absolute Gasteiger partial charge is 0.135 e. The summed E-state index contributed by atoms with van der Waals surface area (Å²) in [4.78, 5) is 33.6. The Labute approximate surface area is 234 Å². The summed E-state index contributed by atoms with van der Waals surface area (Å²) < 4.78 is 30.5. The van der Waals surface area contributed by atoms with Crippen LogP contribution in [0.25, 0.3) is 0 Å². The first-order valence-electron chi connectivity index (χ1n) is 16.0. The van der Waals surface area contributed by atoms with E-state index in [4.69, 9.17) is 5.48 Å². The van der Waals surface area contributed by atoms with Crippen molar-refractivity contribution in [2.24, 2.45) is 4.99 Å². The van der Waals surface area contributed by atoms with Crippen LogP contribution in [0.3, 0.4) is 0 Å². The molecule has 0 bridgehead atoms. The zero-order valence-corrected chi connectivity index (χ0v) is 22.5. The molecular weight excluding hydrogens is 472 g/mol. The third-order valence-electron chi connectivity index (χ3n) is 7.16. The number of likely N-dealkylation sites (tertiary alicyclic amines) is 2. The van der Waals surface area contributed by atoms with Crippen LogP contribution in [0.5, 0.6) is 0 Å². The Morgan fingerprint density at radius 2 is 1.18 bits per heavy atom. The molecule has 0 amide bonds. The van der Waals surface area contributed by atoms with Gasteiger partial charge in [0.25, 0.3) is 0 Å². The van der Waals surface area contributed by atoms with E-state index in [1.165, 1.54) is 50.2 Å². The van der Waals surface area contributed by atoms with E-state index >= 15 is 0 Å². The summed E-state index contributed by atoms with van der Waals surface area (Å²) in [5.41, 5.74) is 2.32. The number of amidine groups is 1. The maximum absolute atomic E-state index is 11.6. The number of rotatable bonds is 4. The molecule has 6 heteroatoms. The molecule has 4 aliphatic heterocycles. The number of hydrogen-bond acceptors (Lipinski definition) is 6. The van der Waals surface area contributed by atoms with Gasteiger partial charge in [0.05, 0.1) is 5.84 Å². The lowest BCUT2D eigenvalue weighted by Crippen LogP contribution is -2.39. The average molecular weight is 521 g/mol. The molecule has 3 fully saturated rings. The van der Waals surface area contributed by atoms with E-state index in [-0.39, 0.29) is 13.1 Å². The standard InChI is InChI=1S/2C12H15NO.C8H14N2/c2*14-12-6-8-13(9-7-12)10-11-4-2-1-3-5-11;1-2-6-10-7-3-5-9-8(10)4-1/h2*1-5H,6-10H2;1-7H2/i6D2,7D2;;. The van der Waals surface area contributed by atoms with Crippen LogP contribution in [-0.4, -0.2) is 77.9 Å². The fourth-order valence-electron chi connectivity index (χ4n) is 5.00. The molecule has 2 aromatic carbocycles. The highest BCUT2D eigenvalue weighted by Crippen LogP contribution is 2.15. The summed E-state index contributed by atoms with van der Waals surface area (Å²) in [6, 6.07) is 19.9. The van der Waals surface area contributed by atoms with Crippen LogP contribution >= 0.6 is 0 Å². The highest BCUT2D eigenvalue weighted by Gasteiger charge is 2.18. The van der Waals surface area contributed by atoms with Crippen molar-refractivity contribution in [3.63, 3.8) is 0 Å².